The SMILES string of the molecule is COc1ccc([N+](=O)[O-])cc1C=C1SC(=S)N(c2cccc(Cl)c2)C1=O. The number of non-ortho nitro benzene ring substituents is 1. The summed E-state index contributed by atoms with van der Waals surface area (Å²) in [5, 5.41) is 11.5. The lowest BCUT2D eigenvalue weighted by Gasteiger charge is -2.14. The Morgan fingerprint density at radius 1 is 1.31 bits per heavy atom. The summed E-state index contributed by atoms with van der Waals surface area (Å²) in [6.07, 6.45) is 1.54. The van der Waals surface area contributed by atoms with E-state index in [0.717, 1.165) is 11.8 Å². The normalized spacial score (nSPS) is 15.6. The third-order valence-corrected chi connectivity index (χ3v) is 5.11. The highest BCUT2D eigenvalue weighted by molar-refractivity contribution is 8.27. The predicted molar refractivity (Wildman–Crippen MR) is 107 cm³/mol. The maximum atomic E-state index is 12.8. The number of nitro groups is 1. The molecule has 1 aliphatic rings. The van der Waals surface area contributed by atoms with E-state index >= 15 is 0 Å². The highest BCUT2D eigenvalue weighted by atomic mass is 35.5. The minimum absolute atomic E-state index is 0.0950. The number of carbonyl (C=O) groups is 1. The molecular weight excluding hydrogens is 396 g/mol. The van der Waals surface area contributed by atoms with Gasteiger partial charge in [0, 0.05) is 22.7 Å². The molecule has 1 amide bonds. The number of amides is 1. The van der Waals surface area contributed by atoms with Crippen LogP contribution in [-0.2, 0) is 4.79 Å². The number of methoxy groups -OCH3 is 1. The second-order valence-electron chi connectivity index (χ2n) is 5.18. The first-order valence-corrected chi connectivity index (χ1v) is 8.87. The van der Waals surface area contributed by atoms with Crippen molar-refractivity contribution in [2.75, 3.05) is 12.0 Å². The summed E-state index contributed by atoms with van der Waals surface area (Å²) in [4.78, 5) is 25.0. The van der Waals surface area contributed by atoms with Crippen LogP contribution in [0, 0.1) is 10.1 Å². The number of carbonyl (C=O) groups excluding carboxylic acids is 1. The fourth-order valence-electron chi connectivity index (χ4n) is 2.39. The van der Waals surface area contributed by atoms with Gasteiger partial charge in [0.05, 0.1) is 22.6 Å². The van der Waals surface area contributed by atoms with Crippen LogP contribution >= 0.6 is 35.6 Å². The van der Waals surface area contributed by atoms with Gasteiger partial charge in [-0.15, -0.1) is 0 Å². The highest BCUT2D eigenvalue weighted by Gasteiger charge is 2.33. The van der Waals surface area contributed by atoms with Crippen LogP contribution in [0.2, 0.25) is 5.02 Å². The molecule has 1 fully saturated rings. The molecule has 0 aromatic heterocycles. The van der Waals surface area contributed by atoms with Crippen LogP contribution in [0.1, 0.15) is 5.56 Å². The third kappa shape index (κ3) is 3.57. The van der Waals surface area contributed by atoms with Gasteiger partial charge in [-0.3, -0.25) is 19.8 Å². The van der Waals surface area contributed by atoms with Crippen LogP contribution in [0.25, 0.3) is 6.08 Å². The van der Waals surface area contributed by atoms with Gasteiger partial charge in [-0.1, -0.05) is 41.6 Å². The van der Waals surface area contributed by atoms with Crippen molar-refractivity contribution < 1.29 is 14.5 Å². The number of hydrogen-bond donors (Lipinski definition) is 0. The van der Waals surface area contributed by atoms with Crippen molar-refractivity contribution >= 4 is 63.3 Å². The largest absolute Gasteiger partial charge is 0.496 e. The lowest BCUT2D eigenvalue weighted by Crippen LogP contribution is -2.27. The number of halogens is 1. The average Bonchev–Trinajstić information content (AvgIpc) is 2.88. The Hall–Kier alpha value is -2.42. The molecule has 2 aromatic rings. The molecule has 0 unspecified atom stereocenters. The van der Waals surface area contributed by atoms with Gasteiger partial charge in [-0.25, -0.2) is 0 Å². The molecule has 3 rings (SSSR count). The van der Waals surface area contributed by atoms with Crippen LogP contribution in [-0.4, -0.2) is 22.3 Å². The van der Waals surface area contributed by atoms with E-state index in [4.69, 9.17) is 28.6 Å². The number of thioether (sulfide) groups is 1. The number of thiocarbonyl (C=S) groups is 1. The minimum atomic E-state index is -0.506. The predicted octanol–water partition coefficient (Wildman–Crippen LogP) is 4.66. The fraction of sp³-hybridized carbons (Fsp3) is 0.0588. The molecule has 1 heterocycles. The Morgan fingerprint density at radius 3 is 2.73 bits per heavy atom. The van der Waals surface area contributed by atoms with E-state index in [1.54, 1.807) is 24.3 Å². The summed E-state index contributed by atoms with van der Waals surface area (Å²) in [5.41, 5.74) is 0.894. The Balaban J connectivity index is 2.00. The standard InChI is InChI=1S/C17H11ClN2O4S2/c1-24-14-6-5-13(20(22)23)7-10(14)8-15-16(21)19(17(25)26-15)12-4-2-3-11(18)9-12/h2-9H,1H3. The third-order valence-electron chi connectivity index (χ3n) is 3.57. The molecule has 0 N–H and O–H groups in total. The van der Waals surface area contributed by atoms with Crippen molar-refractivity contribution in [3.8, 4) is 5.75 Å². The number of rotatable bonds is 4. The molecule has 6 nitrogen and oxygen atoms in total. The molecular formula is C17H11ClN2O4S2. The summed E-state index contributed by atoms with van der Waals surface area (Å²) in [6, 6.07) is 11.0. The van der Waals surface area contributed by atoms with E-state index in [0.29, 0.717) is 31.2 Å². The van der Waals surface area contributed by atoms with Crippen molar-refractivity contribution in [1.29, 1.82) is 0 Å². The second kappa shape index (κ2) is 7.45. The first-order valence-electron chi connectivity index (χ1n) is 7.26. The van der Waals surface area contributed by atoms with Crippen LogP contribution in [0.15, 0.2) is 47.4 Å². The molecule has 1 saturated heterocycles. The van der Waals surface area contributed by atoms with Crippen molar-refractivity contribution in [3.63, 3.8) is 0 Å². The summed E-state index contributed by atoms with van der Waals surface area (Å²) in [6.45, 7) is 0. The summed E-state index contributed by atoms with van der Waals surface area (Å²) >= 11 is 12.4. The summed E-state index contributed by atoms with van der Waals surface area (Å²) < 4.78 is 5.58. The quantitative estimate of drug-likeness (QED) is 0.318. The molecule has 0 saturated carbocycles. The van der Waals surface area contributed by atoms with Crippen molar-refractivity contribution in [1.82, 2.24) is 0 Å². The zero-order chi connectivity index (χ0) is 18.8. The molecule has 2 aromatic carbocycles. The molecule has 26 heavy (non-hydrogen) atoms. The first-order chi connectivity index (χ1) is 12.4. The average molecular weight is 407 g/mol. The number of benzene rings is 2. The minimum Gasteiger partial charge on any atom is -0.496 e. The zero-order valence-electron chi connectivity index (χ0n) is 13.3. The van der Waals surface area contributed by atoms with E-state index < -0.39 is 4.92 Å². The van der Waals surface area contributed by atoms with Gasteiger partial charge in [0.15, 0.2) is 4.32 Å². The zero-order valence-corrected chi connectivity index (χ0v) is 15.7. The first kappa shape index (κ1) is 18.4. The molecule has 0 aliphatic carbocycles. The Bertz CT molecular complexity index is 962. The van der Waals surface area contributed by atoms with E-state index in [9.17, 15) is 14.9 Å². The smallest absolute Gasteiger partial charge is 0.270 e. The van der Waals surface area contributed by atoms with Gasteiger partial charge in [-0.2, -0.15) is 0 Å². The van der Waals surface area contributed by atoms with Gasteiger partial charge in [0.25, 0.3) is 11.6 Å². The lowest BCUT2D eigenvalue weighted by molar-refractivity contribution is -0.384. The Kier molecular flexibility index (Phi) is 5.26. The second-order valence-corrected chi connectivity index (χ2v) is 7.29. The molecule has 9 heteroatoms. The topological polar surface area (TPSA) is 72.7 Å². The van der Waals surface area contributed by atoms with E-state index in [1.807, 2.05) is 0 Å². The van der Waals surface area contributed by atoms with Crippen molar-refractivity contribution in [2.24, 2.45) is 0 Å². The van der Waals surface area contributed by atoms with Crippen LogP contribution < -0.4 is 9.64 Å². The van der Waals surface area contributed by atoms with E-state index in [-0.39, 0.29) is 11.6 Å². The van der Waals surface area contributed by atoms with E-state index in [2.05, 4.69) is 0 Å². The lowest BCUT2D eigenvalue weighted by atomic mass is 10.1. The van der Waals surface area contributed by atoms with Gasteiger partial charge < -0.3 is 4.74 Å². The Labute approximate surface area is 163 Å². The number of anilines is 1. The summed E-state index contributed by atoms with van der Waals surface area (Å²) in [5.74, 6) is 0.0967. The summed E-state index contributed by atoms with van der Waals surface area (Å²) in [7, 11) is 1.45. The number of ether oxygens (including phenoxy) is 1. The number of hydrogen-bond acceptors (Lipinski definition) is 6. The molecule has 1 aliphatic heterocycles. The highest BCUT2D eigenvalue weighted by Crippen LogP contribution is 2.38. The van der Waals surface area contributed by atoms with Gasteiger partial charge in [0.2, 0.25) is 0 Å². The van der Waals surface area contributed by atoms with Gasteiger partial charge in [0.1, 0.15) is 5.75 Å². The van der Waals surface area contributed by atoms with Crippen LogP contribution in [0.5, 0.6) is 5.75 Å². The molecule has 0 bridgehead atoms. The molecule has 132 valence electrons. The van der Waals surface area contributed by atoms with Gasteiger partial charge in [-0.05, 0) is 30.3 Å². The van der Waals surface area contributed by atoms with E-state index in [1.165, 1.54) is 36.3 Å². The number of nitro benzene ring substituents is 1. The molecule has 0 atom stereocenters. The molecule has 0 spiro atoms. The molecule has 0 radical (unpaired) electrons. The monoisotopic (exact) mass is 406 g/mol. The van der Waals surface area contributed by atoms with Crippen LogP contribution in [0.3, 0.4) is 0 Å². The van der Waals surface area contributed by atoms with Crippen molar-refractivity contribution in [3.05, 3.63) is 68.1 Å². The number of nitrogens with zero attached hydrogens (tertiary/aromatic N) is 2. The van der Waals surface area contributed by atoms with Crippen molar-refractivity contribution in [2.45, 2.75) is 0 Å². The maximum Gasteiger partial charge on any atom is 0.270 e. The Morgan fingerprint density at radius 2 is 2.08 bits per heavy atom. The maximum absolute atomic E-state index is 12.8. The van der Waals surface area contributed by atoms with Crippen LogP contribution in [0.4, 0.5) is 11.4 Å². The van der Waals surface area contributed by atoms with Gasteiger partial charge >= 0.3 is 0 Å². The fourth-order valence-corrected chi connectivity index (χ4v) is 3.87.